The molecule has 9 nitrogen and oxygen atoms in total. The predicted octanol–water partition coefficient (Wildman–Crippen LogP) is 3.68. The Morgan fingerprint density at radius 2 is 1.67 bits per heavy atom. The molecule has 0 atom stereocenters. The van der Waals surface area contributed by atoms with Crippen molar-refractivity contribution >= 4 is 37.1 Å². The molecule has 0 saturated heterocycles. The Kier molecular flexibility index (Phi) is 5.80. The Balaban J connectivity index is 1.72. The molecule has 33 heavy (non-hydrogen) atoms. The van der Waals surface area contributed by atoms with Gasteiger partial charge in [0.1, 0.15) is 5.82 Å². The maximum atomic E-state index is 13.3. The number of fused-ring (bicyclic) bond motifs is 1. The first-order chi connectivity index (χ1) is 15.6. The molecule has 0 radical (unpaired) electrons. The molecule has 0 aliphatic carbocycles. The van der Waals surface area contributed by atoms with Crippen molar-refractivity contribution in [3.8, 4) is 0 Å². The molecule has 4 rings (SSSR count). The molecule has 3 aromatic carbocycles. The van der Waals surface area contributed by atoms with Crippen molar-refractivity contribution in [3.05, 3.63) is 88.2 Å². The van der Waals surface area contributed by atoms with E-state index < -0.39 is 41.4 Å². The first kappa shape index (κ1) is 22.7. The highest BCUT2D eigenvalue weighted by Crippen LogP contribution is 2.35. The summed E-state index contributed by atoms with van der Waals surface area (Å²) in [6.07, 6.45) is 1.14. The highest BCUT2D eigenvalue weighted by atomic mass is 32.2. The minimum absolute atomic E-state index is 0.0492. The molecular formula is C21H18FN3O6S2. The molecule has 3 aromatic rings. The number of nitro groups is 1. The summed E-state index contributed by atoms with van der Waals surface area (Å²) in [6, 6.07) is 13.8. The van der Waals surface area contributed by atoms with Gasteiger partial charge in [-0.2, -0.15) is 0 Å². The Morgan fingerprint density at radius 3 is 2.36 bits per heavy atom. The van der Waals surface area contributed by atoms with Crippen molar-refractivity contribution in [2.45, 2.75) is 22.6 Å². The number of nitrogens with zero attached hydrogens (tertiary/aromatic N) is 2. The highest BCUT2D eigenvalue weighted by Gasteiger charge is 2.30. The predicted molar refractivity (Wildman–Crippen MR) is 120 cm³/mol. The van der Waals surface area contributed by atoms with Gasteiger partial charge >= 0.3 is 0 Å². The number of anilines is 2. The lowest BCUT2D eigenvalue weighted by Crippen LogP contribution is -2.35. The van der Waals surface area contributed by atoms with Gasteiger partial charge in [0.25, 0.3) is 25.7 Å². The van der Waals surface area contributed by atoms with Gasteiger partial charge in [-0.05, 0) is 60.9 Å². The van der Waals surface area contributed by atoms with Crippen LogP contribution in [0.5, 0.6) is 0 Å². The van der Waals surface area contributed by atoms with E-state index in [4.69, 9.17) is 0 Å². The van der Waals surface area contributed by atoms with Crippen LogP contribution in [0, 0.1) is 15.9 Å². The maximum absolute atomic E-state index is 13.3. The number of nitro benzene ring substituents is 1. The van der Waals surface area contributed by atoms with Gasteiger partial charge in [0.05, 0.1) is 21.2 Å². The van der Waals surface area contributed by atoms with Crippen LogP contribution in [0.3, 0.4) is 0 Å². The Labute approximate surface area is 189 Å². The minimum atomic E-state index is -4.33. The fourth-order valence-corrected chi connectivity index (χ4v) is 6.39. The number of hydrogen-bond acceptors (Lipinski definition) is 6. The third-order valence-electron chi connectivity index (χ3n) is 5.17. The van der Waals surface area contributed by atoms with E-state index in [-0.39, 0.29) is 22.8 Å². The Morgan fingerprint density at radius 1 is 0.970 bits per heavy atom. The van der Waals surface area contributed by atoms with E-state index in [1.54, 1.807) is 6.07 Å². The molecule has 0 fully saturated rings. The molecule has 0 saturated carbocycles. The lowest BCUT2D eigenvalue weighted by Gasteiger charge is -2.31. The first-order valence-electron chi connectivity index (χ1n) is 9.77. The minimum Gasteiger partial charge on any atom is -0.279 e. The van der Waals surface area contributed by atoms with Crippen LogP contribution in [0.2, 0.25) is 0 Å². The molecule has 1 heterocycles. The first-order valence-corrected chi connectivity index (χ1v) is 12.7. The summed E-state index contributed by atoms with van der Waals surface area (Å²) in [5.74, 6) is -0.570. The SMILES string of the molecule is O=[N+]([O-])c1ccccc1S(=O)(=O)Nc1ccc2c(c1)N(S(=O)(=O)c1ccc(F)cc1)CCC2. The highest BCUT2D eigenvalue weighted by molar-refractivity contribution is 7.93. The van der Waals surface area contributed by atoms with E-state index in [1.807, 2.05) is 0 Å². The fraction of sp³-hybridized carbons (Fsp3) is 0.143. The summed E-state index contributed by atoms with van der Waals surface area (Å²) in [5.41, 5.74) is 0.450. The zero-order valence-corrected chi connectivity index (χ0v) is 18.6. The van der Waals surface area contributed by atoms with Crippen LogP contribution in [0.25, 0.3) is 0 Å². The van der Waals surface area contributed by atoms with Gasteiger partial charge in [-0.15, -0.1) is 0 Å². The normalized spacial score (nSPS) is 13.9. The second-order valence-corrected chi connectivity index (χ2v) is 10.8. The van der Waals surface area contributed by atoms with E-state index >= 15 is 0 Å². The zero-order valence-electron chi connectivity index (χ0n) is 17.0. The summed E-state index contributed by atoms with van der Waals surface area (Å²) >= 11 is 0. The second-order valence-electron chi connectivity index (χ2n) is 7.31. The van der Waals surface area contributed by atoms with E-state index in [0.29, 0.717) is 18.4 Å². The summed E-state index contributed by atoms with van der Waals surface area (Å²) in [7, 11) is -8.35. The van der Waals surface area contributed by atoms with E-state index in [0.717, 1.165) is 28.6 Å². The lowest BCUT2D eigenvalue weighted by molar-refractivity contribution is -0.387. The molecule has 172 valence electrons. The number of nitrogens with one attached hydrogen (secondary N) is 1. The van der Waals surface area contributed by atoms with E-state index in [9.17, 15) is 31.3 Å². The van der Waals surface area contributed by atoms with Gasteiger partial charge in [0.2, 0.25) is 0 Å². The number of para-hydroxylation sites is 1. The van der Waals surface area contributed by atoms with E-state index in [2.05, 4.69) is 4.72 Å². The summed E-state index contributed by atoms with van der Waals surface area (Å²) in [6.45, 7) is 0.160. The summed E-state index contributed by atoms with van der Waals surface area (Å²) < 4.78 is 68.8. The van der Waals surface area contributed by atoms with Crippen LogP contribution in [0.1, 0.15) is 12.0 Å². The molecular weight excluding hydrogens is 473 g/mol. The molecule has 0 spiro atoms. The molecule has 12 heteroatoms. The van der Waals surface area contributed by atoms with Crippen LogP contribution in [0.15, 0.2) is 76.5 Å². The second kappa shape index (κ2) is 8.45. The van der Waals surface area contributed by atoms with Crippen LogP contribution >= 0.6 is 0 Å². The molecule has 0 bridgehead atoms. The largest absolute Gasteiger partial charge is 0.289 e. The third-order valence-corrected chi connectivity index (χ3v) is 8.42. The van der Waals surface area contributed by atoms with Crippen LogP contribution in [-0.4, -0.2) is 28.3 Å². The fourth-order valence-electron chi connectivity index (χ4n) is 3.63. The number of benzene rings is 3. The van der Waals surface area contributed by atoms with Crippen molar-refractivity contribution in [2.75, 3.05) is 15.6 Å². The van der Waals surface area contributed by atoms with Crippen molar-refractivity contribution in [3.63, 3.8) is 0 Å². The van der Waals surface area contributed by atoms with Gasteiger partial charge in [-0.3, -0.25) is 19.1 Å². The number of hydrogen-bond donors (Lipinski definition) is 1. The van der Waals surface area contributed by atoms with Crippen molar-refractivity contribution in [1.29, 1.82) is 0 Å². The van der Waals surface area contributed by atoms with E-state index in [1.165, 1.54) is 36.4 Å². The third kappa shape index (κ3) is 4.39. The lowest BCUT2D eigenvalue weighted by atomic mass is 10.0. The molecule has 1 aliphatic rings. The standard InChI is InChI=1S/C21H18FN3O6S2/c22-16-8-11-18(12-9-16)33(30,31)24-13-3-4-15-7-10-17(14-20(15)24)23-32(28,29)21-6-2-1-5-19(21)25(26)27/h1-2,5-12,14,23H,3-4,13H2. The van der Waals surface area contributed by atoms with Gasteiger partial charge in [-0.25, -0.2) is 21.2 Å². The monoisotopic (exact) mass is 491 g/mol. The van der Waals surface area contributed by atoms with Gasteiger partial charge in [0, 0.05) is 12.6 Å². The molecule has 0 aromatic heterocycles. The smallest absolute Gasteiger partial charge is 0.279 e. The summed E-state index contributed by atoms with van der Waals surface area (Å²) in [5, 5.41) is 11.2. The van der Waals surface area contributed by atoms with Gasteiger partial charge < -0.3 is 0 Å². The molecule has 1 aliphatic heterocycles. The Hall–Kier alpha value is -3.51. The van der Waals surface area contributed by atoms with Gasteiger partial charge in [-0.1, -0.05) is 18.2 Å². The molecule has 0 unspecified atom stereocenters. The van der Waals surface area contributed by atoms with Crippen molar-refractivity contribution in [2.24, 2.45) is 0 Å². The van der Waals surface area contributed by atoms with Crippen molar-refractivity contribution in [1.82, 2.24) is 0 Å². The number of halogens is 1. The van der Waals surface area contributed by atoms with Crippen molar-refractivity contribution < 1.29 is 26.1 Å². The van der Waals surface area contributed by atoms with Crippen LogP contribution in [-0.2, 0) is 26.5 Å². The molecule has 1 N–H and O–H groups in total. The van der Waals surface area contributed by atoms with Crippen LogP contribution < -0.4 is 9.03 Å². The molecule has 0 amide bonds. The summed E-state index contributed by atoms with van der Waals surface area (Å²) in [4.78, 5) is 9.84. The maximum Gasteiger partial charge on any atom is 0.289 e. The number of sulfonamides is 2. The average Bonchev–Trinajstić information content (AvgIpc) is 2.78. The average molecular weight is 492 g/mol. The number of rotatable bonds is 6. The quantitative estimate of drug-likeness (QED) is 0.414. The van der Waals surface area contributed by atoms with Crippen LogP contribution in [0.4, 0.5) is 21.5 Å². The Bertz CT molecular complexity index is 1440. The topological polar surface area (TPSA) is 127 Å². The number of aryl methyl sites for hydroxylation is 1. The van der Waals surface area contributed by atoms with Gasteiger partial charge in [0.15, 0.2) is 4.90 Å². The zero-order chi connectivity index (χ0) is 23.8.